The molecule has 0 aromatic rings. The van der Waals surface area contributed by atoms with Gasteiger partial charge in [-0.05, 0) is 26.2 Å². The van der Waals surface area contributed by atoms with E-state index in [4.69, 9.17) is 0 Å². The van der Waals surface area contributed by atoms with Crippen molar-refractivity contribution in [2.24, 2.45) is 0 Å². The van der Waals surface area contributed by atoms with Crippen molar-refractivity contribution in [1.29, 1.82) is 0 Å². The predicted molar refractivity (Wildman–Crippen MR) is 85.1 cm³/mol. The first-order valence-corrected chi connectivity index (χ1v) is 10.2. The third kappa shape index (κ3) is 3.46. The molecule has 16 heavy (non-hydrogen) atoms. The van der Waals surface area contributed by atoms with Gasteiger partial charge in [0.15, 0.2) is 0 Å². The zero-order valence-electron chi connectivity index (χ0n) is 10.3. The number of thioether (sulfide) groups is 4. The Morgan fingerprint density at radius 2 is 1.38 bits per heavy atom. The van der Waals surface area contributed by atoms with Crippen molar-refractivity contribution in [1.82, 2.24) is 0 Å². The van der Waals surface area contributed by atoms with Gasteiger partial charge in [0.05, 0.1) is 8.16 Å². The summed E-state index contributed by atoms with van der Waals surface area (Å²) >= 11 is 8.86. The maximum absolute atomic E-state index is 2.46. The van der Waals surface area contributed by atoms with E-state index in [1.165, 1.54) is 48.7 Å². The molecule has 2 aliphatic rings. The van der Waals surface area contributed by atoms with E-state index >= 15 is 0 Å². The minimum Gasteiger partial charge on any atom is -0.144 e. The van der Waals surface area contributed by atoms with Crippen molar-refractivity contribution in [2.45, 2.75) is 47.7 Å². The molecule has 0 saturated carbocycles. The summed E-state index contributed by atoms with van der Waals surface area (Å²) in [4.78, 5) is 0. The van der Waals surface area contributed by atoms with Gasteiger partial charge in [-0.2, -0.15) is 0 Å². The van der Waals surface area contributed by atoms with Crippen LogP contribution in [0.2, 0.25) is 0 Å². The predicted octanol–water partition coefficient (Wildman–Crippen LogP) is 4.94. The molecule has 2 saturated heterocycles. The SMILES string of the molecule is CCCC1(CCC2(C)SCCS2)SCCS1. The molecule has 0 atom stereocenters. The average Bonchev–Trinajstić information content (AvgIpc) is 2.87. The topological polar surface area (TPSA) is 0 Å². The van der Waals surface area contributed by atoms with Crippen molar-refractivity contribution in [2.75, 3.05) is 23.0 Å². The first-order valence-electron chi connectivity index (χ1n) is 6.24. The maximum atomic E-state index is 2.46. The van der Waals surface area contributed by atoms with Crippen LogP contribution in [-0.4, -0.2) is 31.2 Å². The van der Waals surface area contributed by atoms with Gasteiger partial charge in [0.2, 0.25) is 0 Å². The molecule has 0 amide bonds. The maximum Gasteiger partial charge on any atom is 0.0612 e. The molecular weight excluding hydrogens is 272 g/mol. The third-order valence-corrected chi connectivity index (χ3v) is 10.4. The van der Waals surface area contributed by atoms with Gasteiger partial charge in [-0.3, -0.25) is 0 Å². The van der Waals surface area contributed by atoms with Gasteiger partial charge in [0, 0.05) is 23.0 Å². The van der Waals surface area contributed by atoms with Crippen molar-refractivity contribution in [3.63, 3.8) is 0 Å². The lowest BCUT2D eigenvalue weighted by molar-refractivity contribution is 0.602. The smallest absolute Gasteiger partial charge is 0.0612 e. The van der Waals surface area contributed by atoms with Crippen molar-refractivity contribution < 1.29 is 0 Å². The standard InChI is InChI=1S/C12H22S4/c1-3-4-12(15-9-10-16-12)6-5-11(2)13-7-8-14-11/h3-10H2,1-2H3. The monoisotopic (exact) mass is 294 g/mol. The Hall–Kier alpha value is 1.40. The molecule has 0 bridgehead atoms. The molecule has 2 aliphatic heterocycles. The fraction of sp³-hybridized carbons (Fsp3) is 1.00. The molecule has 0 unspecified atom stereocenters. The van der Waals surface area contributed by atoms with Crippen LogP contribution in [0.4, 0.5) is 0 Å². The summed E-state index contributed by atoms with van der Waals surface area (Å²) in [6.07, 6.45) is 5.58. The molecule has 2 heterocycles. The van der Waals surface area contributed by atoms with Gasteiger partial charge in [0.1, 0.15) is 0 Å². The summed E-state index contributed by atoms with van der Waals surface area (Å²) in [7, 11) is 0. The Morgan fingerprint density at radius 3 is 1.94 bits per heavy atom. The highest BCUT2D eigenvalue weighted by Crippen LogP contribution is 2.54. The molecule has 94 valence electrons. The van der Waals surface area contributed by atoms with Crippen LogP contribution in [0.3, 0.4) is 0 Å². The lowest BCUT2D eigenvalue weighted by Gasteiger charge is -2.31. The normalized spacial score (nSPS) is 27.4. The van der Waals surface area contributed by atoms with Crippen molar-refractivity contribution in [3.05, 3.63) is 0 Å². The third-order valence-electron chi connectivity index (χ3n) is 3.30. The van der Waals surface area contributed by atoms with E-state index in [0.717, 1.165) is 0 Å². The second-order valence-electron chi connectivity index (χ2n) is 4.69. The van der Waals surface area contributed by atoms with E-state index in [1.807, 2.05) is 0 Å². The molecule has 0 nitrogen and oxygen atoms in total. The quantitative estimate of drug-likeness (QED) is 0.704. The second kappa shape index (κ2) is 6.03. The molecule has 0 aromatic carbocycles. The highest BCUT2D eigenvalue weighted by atomic mass is 32.2. The molecule has 2 rings (SSSR count). The van der Waals surface area contributed by atoms with Gasteiger partial charge in [-0.1, -0.05) is 13.3 Å². The summed E-state index contributed by atoms with van der Waals surface area (Å²) in [6.45, 7) is 4.79. The van der Waals surface area contributed by atoms with Gasteiger partial charge in [0.25, 0.3) is 0 Å². The second-order valence-corrected chi connectivity index (χ2v) is 11.4. The summed E-state index contributed by atoms with van der Waals surface area (Å²) in [5.74, 6) is 5.48. The fourth-order valence-corrected chi connectivity index (χ4v) is 8.70. The number of hydrogen-bond donors (Lipinski definition) is 0. The first-order chi connectivity index (χ1) is 7.68. The Labute approximate surface area is 117 Å². The Balaban J connectivity index is 1.86. The van der Waals surface area contributed by atoms with E-state index in [-0.39, 0.29) is 0 Å². The van der Waals surface area contributed by atoms with Crippen LogP contribution in [-0.2, 0) is 0 Å². The summed E-state index contributed by atoms with van der Waals surface area (Å²) in [5, 5.41) is 0. The lowest BCUT2D eigenvalue weighted by atomic mass is 10.1. The highest BCUT2D eigenvalue weighted by Gasteiger charge is 2.38. The van der Waals surface area contributed by atoms with Crippen LogP contribution in [0.5, 0.6) is 0 Å². The molecule has 0 N–H and O–H groups in total. The molecule has 2 fully saturated rings. The van der Waals surface area contributed by atoms with E-state index in [2.05, 4.69) is 60.9 Å². The van der Waals surface area contributed by atoms with Crippen LogP contribution in [0.15, 0.2) is 0 Å². The van der Waals surface area contributed by atoms with Crippen LogP contribution >= 0.6 is 47.0 Å². The summed E-state index contributed by atoms with van der Waals surface area (Å²) in [5.41, 5.74) is 0. The van der Waals surface area contributed by atoms with Crippen LogP contribution in [0.1, 0.15) is 39.5 Å². The molecule has 4 heteroatoms. The first kappa shape index (κ1) is 13.8. The van der Waals surface area contributed by atoms with E-state index < -0.39 is 0 Å². The van der Waals surface area contributed by atoms with Crippen LogP contribution in [0.25, 0.3) is 0 Å². The molecule has 0 aliphatic carbocycles. The minimum atomic E-state index is 0.532. The molecule has 0 radical (unpaired) electrons. The highest BCUT2D eigenvalue weighted by molar-refractivity contribution is 8.21. The Morgan fingerprint density at radius 1 is 0.812 bits per heavy atom. The molecular formula is C12H22S4. The zero-order chi connectivity index (χ0) is 11.5. The largest absolute Gasteiger partial charge is 0.144 e. The van der Waals surface area contributed by atoms with Crippen molar-refractivity contribution >= 4 is 47.0 Å². The van der Waals surface area contributed by atoms with E-state index in [1.54, 1.807) is 0 Å². The van der Waals surface area contributed by atoms with Gasteiger partial charge in [-0.25, -0.2) is 0 Å². The van der Waals surface area contributed by atoms with Crippen molar-refractivity contribution in [3.8, 4) is 0 Å². The summed E-state index contributed by atoms with van der Waals surface area (Å²) in [6, 6.07) is 0. The van der Waals surface area contributed by atoms with Gasteiger partial charge >= 0.3 is 0 Å². The minimum absolute atomic E-state index is 0.532. The van der Waals surface area contributed by atoms with E-state index in [0.29, 0.717) is 8.16 Å². The molecule has 0 aromatic heterocycles. The zero-order valence-corrected chi connectivity index (χ0v) is 13.6. The molecule has 0 spiro atoms. The fourth-order valence-electron chi connectivity index (χ4n) is 2.41. The lowest BCUT2D eigenvalue weighted by Crippen LogP contribution is -2.22. The van der Waals surface area contributed by atoms with E-state index in [9.17, 15) is 0 Å². The Bertz CT molecular complexity index is 217. The van der Waals surface area contributed by atoms with Crippen LogP contribution < -0.4 is 0 Å². The average molecular weight is 295 g/mol. The Kier molecular flexibility index (Phi) is 5.21. The summed E-state index contributed by atoms with van der Waals surface area (Å²) < 4.78 is 1.12. The number of hydrogen-bond acceptors (Lipinski definition) is 4. The van der Waals surface area contributed by atoms with Gasteiger partial charge in [-0.15, -0.1) is 47.0 Å². The number of rotatable bonds is 5. The van der Waals surface area contributed by atoms with Gasteiger partial charge < -0.3 is 0 Å². The van der Waals surface area contributed by atoms with Crippen LogP contribution in [0, 0.1) is 0 Å².